The molecule has 3 heterocycles. The van der Waals surface area contributed by atoms with Gasteiger partial charge in [0.2, 0.25) is 5.76 Å². The molecule has 1 aromatic heterocycles. The summed E-state index contributed by atoms with van der Waals surface area (Å²) in [6, 6.07) is 9.75. The highest BCUT2D eigenvalue weighted by atomic mass is 32.2. The number of furan rings is 1. The second-order valence-electron chi connectivity index (χ2n) is 7.01. The SMILES string of the molecule is COC(=O)c1ccc(COC(=O)C2CCN(C3=NS(=O)(=O)c4ccccc43)CC2)o1. The van der Waals surface area contributed by atoms with Crippen molar-refractivity contribution in [2.24, 2.45) is 10.3 Å². The maximum Gasteiger partial charge on any atom is 0.373 e. The van der Waals surface area contributed by atoms with Crippen LogP contribution in [0, 0.1) is 5.92 Å². The van der Waals surface area contributed by atoms with E-state index in [2.05, 4.69) is 9.13 Å². The van der Waals surface area contributed by atoms with Gasteiger partial charge in [-0.15, -0.1) is 4.40 Å². The van der Waals surface area contributed by atoms with Crippen LogP contribution in [-0.4, -0.2) is 51.3 Å². The first kappa shape index (κ1) is 20.1. The fraction of sp³-hybridized carbons (Fsp3) is 0.350. The topological polar surface area (TPSA) is 115 Å². The summed E-state index contributed by atoms with van der Waals surface area (Å²) < 4.78 is 43.6. The van der Waals surface area contributed by atoms with Crippen molar-refractivity contribution < 1.29 is 31.9 Å². The maximum atomic E-state index is 12.4. The summed E-state index contributed by atoms with van der Waals surface area (Å²) in [5.41, 5.74) is 0.595. The molecule has 0 bridgehead atoms. The number of methoxy groups -OCH3 is 1. The number of ether oxygens (including phenoxy) is 2. The predicted octanol–water partition coefficient (Wildman–Crippen LogP) is 1.97. The minimum atomic E-state index is -3.67. The van der Waals surface area contributed by atoms with Crippen LogP contribution in [0.2, 0.25) is 0 Å². The minimum absolute atomic E-state index is 0.0458. The van der Waals surface area contributed by atoms with Crippen molar-refractivity contribution in [3.8, 4) is 0 Å². The highest BCUT2D eigenvalue weighted by Gasteiger charge is 2.34. The molecule has 10 heteroatoms. The van der Waals surface area contributed by atoms with Gasteiger partial charge in [-0.25, -0.2) is 4.79 Å². The lowest BCUT2D eigenvalue weighted by Gasteiger charge is -2.32. The molecule has 1 fully saturated rings. The third-order valence-electron chi connectivity index (χ3n) is 5.15. The zero-order chi connectivity index (χ0) is 21.3. The molecule has 2 aromatic rings. The molecule has 1 aromatic carbocycles. The van der Waals surface area contributed by atoms with Crippen LogP contribution < -0.4 is 0 Å². The standard InChI is InChI=1S/C20H20N2O7S/c1-27-20(24)16-7-6-14(29-16)12-28-19(23)13-8-10-22(11-9-13)18-15-4-2-3-5-17(15)30(25,26)21-18/h2-7,13H,8-12H2,1H3. The van der Waals surface area contributed by atoms with Gasteiger partial charge in [-0.3, -0.25) is 4.79 Å². The number of esters is 2. The number of likely N-dealkylation sites (tertiary alicyclic amines) is 1. The van der Waals surface area contributed by atoms with Gasteiger partial charge in [0.05, 0.1) is 13.0 Å². The molecule has 0 amide bonds. The first-order valence-electron chi connectivity index (χ1n) is 9.42. The molecular weight excluding hydrogens is 412 g/mol. The Kier molecular flexibility index (Phi) is 5.33. The maximum absolute atomic E-state index is 12.4. The molecule has 1 saturated heterocycles. The quantitative estimate of drug-likeness (QED) is 0.674. The molecule has 4 rings (SSSR count). The Morgan fingerprint density at radius 1 is 1.17 bits per heavy atom. The Morgan fingerprint density at radius 3 is 2.63 bits per heavy atom. The Bertz CT molecular complexity index is 1110. The fourth-order valence-electron chi connectivity index (χ4n) is 3.57. The van der Waals surface area contributed by atoms with Gasteiger partial charge in [0.15, 0.2) is 5.84 Å². The van der Waals surface area contributed by atoms with E-state index in [0.717, 1.165) is 0 Å². The summed E-state index contributed by atoms with van der Waals surface area (Å²) in [5, 5.41) is 0. The molecule has 2 aliphatic rings. The van der Waals surface area contributed by atoms with Crippen LogP contribution in [0.25, 0.3) is 0 Å². The first-order valence-corrected chi connectivity index (χ1v) is 10.9. The number of rotatable bonds is 4. The van der Waals surface area contributed by atoms with Crippen LogP contribution in [0.1, 0.15) is 34.7 Å². The average Bonchev–Trinajstić information content (AvgIpc) is 3.34. The molecular formula is C20H20N2O7S. The molecule has 2 aliphatic heterocycles. The molecule has 0 unspecified atom stereocenters. The fourth-order valence-corrected chi connectivity index (χ4v) is 4.80. The van der Waals surface area contributed by atoms with Crippen molar-refractivity contribution in [3.05, 3.63) is 53.5 Å². The van der Waals surface area contributed by atoms with Gasteiger partial charge in [-0.05, 0) is 37.1 Å². The highest BCUT2D eigenvalue weighted by molar-refractivity contribution is 7.90. The normalized spacial score (nSPS) is 17.9. The number of amidine groups is 1. The van der Waals surface area contributed by atoms with Crippen LogP contribution in [0.3, 0.4) is 0 Å². The van der Waals surface area contributed by atoms with Crippen LogP contribution in [-0.2, 0) is 30.9 Å². The number of piperidine rings is 1. The predicted molar refractivity (Wildman–Crippen MR) is 104 cm³/mol. The Balaban J connectivity index is 1.33. The third-order valence-corrected chi connectivity index (χ3v) is 6.47. The van der Waals surface area contributed by atoms with Crippen molar-refractivity contribution in [2.75, 3.05) is 20.2 Å². The molecule has 158 valence electrons. The smallest absolute Gasteiger partial charge is 0.373 e. The summed E-state index contributed by atoms with van der Waals surface area (Å²) >= 11 is 0. The number of sulfonamides is 1. The van der Waals surface area contributed by atoms with Gasteiger partial charge in [0.1, 0.15) is 17.3 Å². The van der Waals surface area contributed by atoms with E-state index in [1.807, 2.05) is 4.90 Å². The molecule has 0 N–H and O–H groups in total. The lowest BCUT2D eigenvalue weighted by Crippen LogP contribution is -2.40. The van der Waals surface area contributed by atoms with E-state index in [1.54, 1.807) is 30.3 Å². The number of hydrogen-bond donors (Lipinski definition) is 0. The number of carbonyl (C=O) groups is 2. The summed E-state index contributed by atoms with van der Waals surface area (Å²) in [6.07, 6.45) is 1.04. The van der Waals surface area contributed by atoms with Crippen molar-refractivity contribution >= 4 is 27.8 Å². The number of nitrogens with zero attached hydrogens (tertiary/aromatic N) is 2. The summed E-state index contributed by atoms with van der Waals surface area (Å²) in [5.74, 6) is -0.424. The van der Waals surface area contributed by atoms with E-state index in [9.17, 15) is 18.0 Å². The molecule has 0 aliphatic carbocycles. The number of carbonyl (C=O) groups excluding carboxylic acids is 2. The molecule has 0 saturated carbocycles. The first-order chi connectivity index (χ1) is 14.4. The highest BCUT2D eigenvalue weighted by Crippen LogP contribution is 2.30. The Labute approximate surface area is 173 Å². The monoisotopic (exact) mass is 432 g/mol. The van der Waals surface area contributed by atoms with Gasteiger partial charge >= 0.3 is 11.9 Å². The van der Waals surface area contributed by atoms with Crippen molar-refractivity contribution in [2.45, 2.75) is 24.3 Å². The molecule has 9 nitrogen and oxygen atoms in total. The van der Waals surface area contributed by atoms with Gasteiger partial charge in [-0.2, -0.15) is 8.42 Å². The van der Waals surface area contributed by atoms with E-state index in [-0.39, 0.29) is 29.1 Å². The van der Waals surface area contributed by atoms with Gasteiger partial charge in [-0.1, -0.05) is 12.1 Å². The lowest BCUT2D eigenvalue weighted by molar-refractivity contribution is -0.151. The molecule has 0 atom stereocenters. The van der Waals surface area contributed by atoms with E-state index in [4.69, 9.17) is 9.15 Å². The lowest BCUT2D eigenvalue weighted by atomic mass is 9.96. The zero-order valence-electron chi connectivity index (χ0n) is 16.2. The molecule has 30 heavy (non-hydrogen) atoms. The third kappa shape index (κ3) is 3.82. The van der Waals surface area contributed by atoms with E-state index < -0.39 is 16.0 Å². The number of hydrogen-bond acceptors (Lipinski definition) is 8. The Morgan fingerprint density at radius 2 is 1.90 bits per heavy atom. The number of fused-ring (bicyclic) bond motifs is 1. The van der Waals surface area contributed by atoms with Crippen molar-refractivity contribution in [1.82, 2.24) is 4.90 Å². The second-order valence-corrected chi connectivity index (χ2v) is 8.59. The van der Waals surface area contributed by atoms with Crippen molar-refractivity contribution in [3.63, 3.8) is 0 Å². The van der Waals surface area contributed by atoms with Crippen LogP contribution in [0.15, 0.2) is 50.1 Å². The van der Waals surface area contributed by atoms with Gasteiger partial charge < -0.3 is 18.8 Å². The molecule has 0 spiro atoms. The summed E-state index contributed by atoms with van der Waals surface area (Å²) in [7, 11) is -2.42. The van der Waals surface area contributed by atoms with E-state index in [0.29, 0.717) is 43.1 Å². The molecule has 0 radical (unpaired) electrons. The van der Waals surface area contributed by atoms with Crippen LogP contribution >= 0.6 is 0 Å². The minimum Gasteiger partial charge on any atom is -0.463 e. The second kappa shape index (κ2) is 7.94. The Hall–Kier alpha value is -3.14. The zero-order valence-corrected chi connectivity index (χ0v) is 17.1. The number of benzene rings is 1. The summed E-state index contributed by atoms with van der Waals surface area (Å²) in [6.45, 7) is 0.916. The van der Waals surface area contributed by atoms with Crippen molar-refractivity contribution in [1.29, 1.82) is 0 Å². The van der Waals surface area contributed by atoms with Gasteiger partial charge in [0.25, 0.3) is 10.0 Å². The summed E-state index contributed by atoms with van der Waals surface area (Å²) in [4.78, 5) is 25.9. The average molecular weight is 432 g/mol. The van der Waals surface area contributed by atoms with Crippen LogP contribution in [0.4, 0.5) is 0 Å². The van der Waals surface area contributed by atoms with E-state index >= 15 is 0 Å². The largest absolute Gasteiger partial charge is 0.463 e. The van der Waals surface area contributed by atoms with Crippen LogP contribution in [0.5, 0.6) is 0 Å². The van der Waals surface area contributed by atoms with E-state index in [1.165, 1.54) is 13.2 Å². The van der Waals surface area contributed by atoms with Gasteiger partial charge in [0, 0.05) is 18.7 Å².